The van der Waals surface area contributed by atoms with Crippen molar-refractivity contribution in [2.75, 3.05) is 31.1 Å². The molecule has 8 heteroatoms. The molecule has 0 aliphatic carbocycles. The topological polar surface area (TPSA) is 71.2 Å². The molecule has 0 radical (unpaired) electrons. The number of hydrogen-bond acceptors (Lipinski definition) is 7. The monoisotopic (exact) mass is 426 g/mol. The quantitative estimate of drug-likeness (QED) is 0.594. The highest BCUT2D eigenvalue weighted by Gasteiger charge is 2.27. The Kier molecular flexibility index (Phi) is 6.01. The van der Waals surface area contributed by atoms with Crippen molar-refractivity contribution in [3.63, 3.8) is 0 Å². The molecule has 1 aliphatic heterocycles. The van der Waals surface area contributed by atoms with Crippen molar-refractivity contribution < 1.29 is 4.52 Å². The van der Waals surface area contributed by atoms with E-state index in [1.54, 1.807) is 0 Å². The Morgan fingerprint density at radius 2 is 1.67 bits per heavy atom. The lowest BCUT2D eigenvalue weighted by atomic mass is 10.2. The molecular formula is C22H27ClN6O. The molecular weight excluding hydrogens is 400 g/mol. The van der Waals surface area contributed by atoms with Crippen LogP contribution in [0.4, 0.5) is 5.82 Å². The van der Waals surface area contributed by atoms with Gasteiger partial charge in [-0.15, -0.1) is 0 Å². The van der Waals surface area contributed by atoms with Crippen LogP contribution in [-0.4, -0.2) is 51.2 Å². The van der Waals surface area contributed by atoms with Gasteiger partial charge in [0.2, 0.25) is 11.7 Å². The van der Waals surface area contributed by atoms with Crippen LogP contribution in [0.5, 0.6) is 0 Å². The zero-order valence-corrected chi connectivity index (χ0v) is 18.6. The number of hydrogen-bond donors (Lipinski definition) is 0. The summed E-state index contributed by atoms with van der Waals surface area (Å²) in [6.07, 6.45) is 0. The molecule has 1 fully saturated rings. The second-order valence-electron chi connectivity index (χ2n) is 8.04. The van der Waals surface area contributed by atoms with Crippen molar-refractivity contribution in [2.24, 2.45) is 0 Å². The van der Waals surface area contributed by atoms with Crippen LogP contribution in [0.3, 0.4) is 0 Å². The molecule has 0 spiro atoms. The predicted octanol–water partition coefficient (Wildman–Crippen LogP) is 4.50. The van der Waals surface area contributed by atoms with Gasteiger partial charge in [-0.25, -0.2) is 9.97 Å². The van der Waals surface area contributed by atoms with Crippen LogP contribution < -0.4 is 4.90 Å². The van der Waals surface area contributed by atoms with Crippen molar-refractivity contribution in [3.8, 4) is 11.4 Å². The number of aromatic nitrogens is 4. The minimum atomic E-state index is 0.0547. The number of halogens is 1. The average molecular weight is 427 g/mol. The van der Waals surface area contributed by atoms with Gasteiger partial charge in [0.25, 0.3) is 0 Å². The lowest BCUT2D eigenvalue weighted by Crippen LogP contribution is -2.47. The van der Waals surface area contributed by atoms with Gasteiger partial charge in [0, 0.05) is 54.4 Å². The van der Waals surface area contributed by atoms with Gasteiger partial charge in [0.1, 0.15) is 11.6 Å². The van der Waals surface area contributed by atoms with Crippen LogP contribution in [0, 0.1) is 6.92 Å². The molecule has 7 nitrogen and oxygen atoms in total. The zero-order chi connectivity index (χ0) is 21.3. The minimum absolute atomic E-state index is 0.0547. The van der Waals surface area contributed by atoms with E-state index < -0.39 is 0 Å². The smallest absolute Gasteiger partial charge is 0.244 e. The molecule has 158 valence electrons. The van der Waals surface area contributed by atoms with Gasteiger partial charge in [-0.2, -0.15) is 4.98 Å². The molecule has 0 bridgehead atoms. The number of nitrogens with zero attached hydrogens (tertiary/aromatic N) is 6. The van der Waals surface area contributed by atoms with E-state index in [4.69, 9.17) is 21.1 Å². The second-order valence-corrected chi connectivity index (χ2v) is 8.48. The van der Waals surface area contributed by atoms with Crippen LogP contribution in [0.15, 0.2) is 34.9 Å². The molecule has 0 saturated carbocycles. The number of benzene rings is 1. The first-order valence-corrected chi connectivity index (χ1v) is 10.7. The Hall–Kier alpha value is -2.51. The molecule has 30 heavy (non-hydrogen) atoms. The maximum atomic E-state index is 5.96. The highest BCUT2D eigenvalue weighted by Crippen LogP contribution is 2.26. The lowest BCUT2D eigenvalue weighted by Gasteiger charge is -2.37. The molecule has 1 aromatic carbocycles. The van der Waals surface area contributed by atoms with E-state index in [2.05, 4.69) is 51.8 Å². The van der Waals surface area contributed by atoms with Crippen LogP contribution in [-0.2, 0) is 0 Å². The second kappa shape index (κ2) is 8.70. The molecule has 0 N–H and O–H groups in total. The van der Waals surface area contributed by atoms with E-state index >= 15 is 0 Å². The highest BCUT2D eigenvalue weighted by molar-refractivity contribution is 6.30. The van der Waals surface area contributed by atoms with E-state index in [-0.39, 0.29) is 6.04 Å². The Bertz CT molecular complexity index is 995. The first kappa shape index (κ1) is 20.8. The van der Waals surface area contributed by atoms with Crippen LogP contribution in [0.25, 0.3) is 11.4 Å². The fraction of sp³-hybridized carbons (Fsp3) is 0.455. The molecule has 1 aliphatic rings. The summed E-state index contributed by atoms with van der Waals surface area (Å²) in [6.45, 7) is 12.0. The van der Waals surface area contributed by atoms with Crippen molar-refractivity contribution in [3.05, 3.63) is 52.8 Å². The SMILES string of the molecule is Cc1cc(N2CCN(C(C)c3nc(-c4ccc(Cl)cc4)no3)CC2)nc(C(C)C)n1. The Morgan fingerprint density at radius 3 is 2.33 bits per heavy atom. The molecule has 4 rings (SSSR count). The van der Waals surface area contributed by atoms with E-state index in [1.807, 2.05) is 31.2 Å². The van der Waals surface area contributed by atoms with Crippen LogP contribution >= 0.6 is 11.6 Å². The summed E-state index contributed by atoms with van der Waals surface area (Å²) in [7, 11) is 0. The fourth-order valence-corrected chi connectivity index (χ4v) is 3.74. The molecule has 3 aromatic rings. The summed E-state index contributed by atoms with van der Waals surface area (Å²) < 4.78 is 5.56. The zero-order valence-electron chi connectivity index (χ0n) is 17.8. The maximum Gasteiger partial charge on any atom is 0.244 e. The summed E-state index contributed by atoms with van der Waals surface area (Å²) in [5, 5.41) is 4.84. The fourth-order valence-electron chi connectivity index (χ4n) is 3.61. The van der Waals surface area contributed by atoms with Crippen molar-refractivity contribution >= 4 is 17.4 Å². The lowest BCUT2D eigenvalue weighted by molar-refractivity contribution is 0.164. The standard InChI is InChI=1S/C22H27ClN6O/c1-14(2)20-24-15(3)13-19(25-20)29-11-9-28(10-12-29)16(4)22-26-21(27-30-22)17-5-7-18(23)8-6-17/h5-8,13-14,16H,9-12H2,1-4H3. The Labute approximate surface area is 182 Å². The largest absolute Gasteiger partial charge is 0.354 e. The van der Waals surface area contributed by atoms with Crippen molar-refractivity contribution in [1.29, 1.82) is 0 Å². The van der Waals surface area contributed by atoms with E-state index in [9.17, 15) is 0 Å². The maximum absolute atomic E-state index is 5.96. The normalized spacial score (nSPS) is 16.3. The van der Waals surface area contributed by atoms with Crippen LogP contribution in [0.1, 0.15) is 50.1 Å². The molecule has 1 unspecified atom stereocenters. The van der Waals surface area contributed by atoms with Gasteiger partial charge in [0.15, 0.2) is 0 Å². The number of piperazine rings is 1. The number of aryl methyl sites for hydroxylation is 1. The number of rotatable bonds is 5. The molecule has 1 saturated heterocycles. The average Bonchev–Trinajstić information content (AvgIpc) is 3.23. The third-order valence-corrected chi connectivity index (χ3v) is 5.71. The van der Waals surface area contributed by atoms with Gasteiger partial charge in [-0.05, 0) is 38.1 Å². The Balaban J connectivity index is 1.41. The minimum Gasteiger partial charge on any atom is -0.354 e. The first-order valence-electron chi connectivity index (χ1n) is 10.3. The van der Waals surface area contributed by atoms with E-state index in [0.717, 1.165) is 49.1 Å². The first-order chi connectivity index (χ1) is 14.4. The summed E-state index contributed by atoms with van der Waals surface area (Å²) in [4.78, 5) is 18.6. The van der Waals surface area contributed by atoms with Crippen LogP contribution in [0.2, 0.25) is 5.02 Å². The molecule has 1 atom stereocenters. The summed E-state index contributed by atoms with van der Waals surface area (Å²) in [5.74, 6) is 3.46. The third-order valence-electron chi connectivity index (χ3n) is 5.46. The predicted molar refractivity (Wildman–Crippen MR) is 118 cm³/mol. The van der Waals surface area contributed by atoms with Gasteiger partial charge < -0.3 is 9.42 Å². The number of anilines is 1. The third kappa shape index (κ3) is 4.47. The van der Waals surface area contributed by atoms with Gasteiger partial charge in [0.05, 0.1) is 6.04 Å². The van der Waals surface area contributed by atoms with E-state index in [0.29, 0.717) is 22.7 Å². The van der Waals surface area contributed by atoms with Crippen molar-refractivity contribution in [1.82, 2.24) is 25.0 Å². The summed E-state index contributed by atoms with van der Waals surface area (Å²) in [5.41, 5.74) is 1.91. The van der Waals surface area contributed by atoms with Gasteiger partial charge in [-0.1, -0.05) is 30.6 Å². The molecule has 2 aromatic heterocycles. The molecule has 3 heterocycles. The summed E-state index contributed by atoms with van der Waals surface area (Å²) >= 11 is 5.96. The van der Waals surface area contributed by atoms with Gasteiger partial charge >= 0.3 is 0 Å². The molecule has 0 amide bonds. The van der Waals surface area contributed by atoms with E-state index in [1.165, 1.54) is 0 Å². The van der Waals surface area contributed by atoms with Crippen molar-refractivity contribution in [2.45, 2.75) is 39.7 Å². The summed E-state index contributed by atoms with van der Waals surface area (Å²) in [6, 6.07) is 9.58. The highest BCUT2D eigenvalue weighted by atomic mass is 35.5. The van der Waals surface area contributed by atoms with Gasteiger partial charge in [-0.3, -0.25) is 4.90 Å². The Morgan fingerprint density at radius 1 is 0.967 bits per heavy atom.